The van der Waals surface area contributed by atoms with Crippen LogP contribution in [0.4, 0.5) is 0 Å². The third-order valence-electron chi connectivity index (χ3n) is 2.68. The number of aryl methyl sites for hydroxylation is 1. The predicted octanol–water partition coefficient (Wildman–Crippen LogP) is 2.40. The van der Waals surface area contributed by atoms with Crippen LogP contribution in [-0.4, -0.2) is 14.8 Å². The normalized spacial score (nSPS) is 10.0. The van der Waals surface area contributed by atoms with Crippen LogP contribution < -0.4 is 0 Å². The molecule has 18 heavy (non-hydrogen) atoms. The van der Waals surface area contributed by atoms with Gasteiger partial charge in [-0.1, -0.05) is 43.8 Å². The molecule has 0 spiro atoms. The Labute approximate surface area is 106 Å². The molecule has 0 amide bonds. The molecule has 0 fully saturated rings. The zero-order chi connectivity index (χ0) is 13.0. The van der Waals surface area contributed by atoms with E-state index in [1.165, 1.54) is 0 Å². The number of hydrogen-bond acceptors (Lipinski definition) is 3. The van der Waals surface area contributed by atoms with Crippen molar-refractivity contribution in [1.29, 1.82) is 5.26 Å². The van der Waals surface area contributed by atoms with Crippen molar-refractivity contribution in [2.45, 2.75) is 19.9 Å². The van der Waals surface area contributed by atoms with Crippen LogP contribution in [0.2, 0.25) is 0 Å². The Kier molecular flexibility index (Phi) is 3.54. The molecular formula is C14H14N4. The number of benzene rings is 1. The summed E-state index contributed by atoms with van der Waals surface area (Å²) in [7, 11) is 0. The smallest absolute Gasteiger partial charge is 0.231 e. The summed E-state index contributed by atoms with van der Waals surface area (Å²) in [6.07, 6.45) is 2.53. The van der Waals surface area contributed by atoms with Gasteiger partial charge >= 0.3 is 0 Å². The molecular weight excluding hydrogens is 224 g/mol. The molecule has 1 aromatic carbocycles. The van der Waals surface area contributed by atoms with Gasteiger partial charge in [0, 0.05) is 6.42 Å². The lowest BCUT2D eigenvalue weighted by molar-refractivity contribution is 0.664. The second-order valence-corrected chi connectivity index (χ2v) is 3.92. The maximum absolute atomic E-state index is 9.00. The van der Waals surface area contributed by atoms with E-state index >= 15 is 0 Å². The second kappa shape index (κ2) is 5.28. The molecule has 1 aromatic heterocycles. The quantitative estimate of drug-likeness (QED) is 0.821. The van der Waals surface area contributed by atoms with E-state index in [-0.39, 0.29) is 0 Å². The molecule has 0 aliphatic heterocycles. The van der Waals surface area contributed by atoms with Crippen LogP contribution in [0.1, 0.15) is 29.7 Å². The van der Waals surface area contributed by atoms with Crippen molar-refractivity contribution in [1.82, 2.24) is 14.8 Å². The predicted molar refractivity (Wildman–Crippen MR) is 69.8 cm³/mol. The highest BCUT2D eigenvalue weighted by Crippen LogP contribution is 2.08. The minimum absolute atomic E-state index is 0.361. The van der Waals surface area contributed by atoms with Crippen molar-refractivity contribution in [3.8, 4) is 6.07 Å². The SMILES string of the molecule is C=Cc1ccc(Cn2nc(CC)nc2C#N)cc1. The van der Waals surface area contributed by atoms with Gasteiger partial charge in [0.25, 0.3) is 0 Å². The summed E-state index contributed by atoms with van der Waals surface area (Å²) >= 11 is 0. The number of rotatable bonds is 4. The average molecular weight is 238 g/mol. The number of aromatic nitrogens is 3. The topological polar surface area (TPSA) is 54.5 Å². The molecule has 0 bridgehead atoms. The Bertz CT molecular complexity index is 587. The van der Waals surface area contributed by atoms with E-state index in [0.29, 0.717) is 18.2 Å². The van der Waals surface area contributed by atoms with Crippen molar-refractivity contribution >= 4 is 6.08 Å². The highest BCUT2D eigenvalue weighted by Gasteiger charge is 2.08. The summed E-state index contributed by atoms with van der Waals surface area (Å²) in [5.41, 5.74) is 2.16. The van der Waals surface area contributed by atoms with Gasteiger partial charge in [0.1, 0.15) is 6.07 Å². The first-order chi connectivity index (χ1) is 8.76. The summed E-state index contributed by atoms with van der Waals surface area (Å²) in [6, 6.07) is 10.1. The number of nitrogens with zero attached hydrogens (tertiary/aromatic N) is 4. The Morgan fingerprint density at radius 1 is 1.39 bits per heavy atom. The van der Waals surface area contributed by atoms with E-state index in [9.17, 15) is 0 Å². The van der Waals surface area contributed by atoms with Crippen molar-refractivity contribution in [2.75, 3.05) is 0 Å². The molecule has 0 atom stereocenters. The van der Waals surface area contributed by atoms with Crippen molar-refractivity contribution in [3.63, 3.8) is 0 Å². The van der Waals surface area contributed by atoms with Crippen LogP contribution in [0.3, 0.4) is 0 Å². The molecule has 0 saturated carbocycles. The van der Waals surface area contributed by atoms with Crippen LogP contribution in [-0.2, 0) is 13.0 Å². The van der Waals surface area contributed by atoms with E-state index in [1.54, 1.807) is 10.8 Å². The molecule has 0 N–H and O–H groups in total. The second-order valence-electron chi connectivity index (χ2n) is 3.92. The fraction of sp³-hybridized carbons (Fsp3) is 0.214. The van der Waals surface area contributed by atoms with E-state index in [0.717, 1.165) is 17.5 Å². The maximum Gasteiger partial charge on any atom is 0.231 e. The third kappa shape index (κ3) is 2.46. The van der Waals surface area contributed by atoms with E-state index < -0.39 is 0 Å². The van der Waals surface area contributed by atoms with Gasteiger partial charge in [-0.25, -0.2) is 9.67 Å². The van der Waals surface area contributed by atoms with Crippen LogP contribution >= 0.6 is 0 Å². The minimum Gasteiger partial charge on any atom is -0.233 e. The molecule has 0 unspecified atom stereocenters. The number of hydrogen-bond donors (Lipinski definition) is 0. The summed E-state index contributed by atoms with van der Waals surface area (Å²) in [6.45, 7) is 6.25. The third-order valence-corrected chi connectivity index (χ3v) is 2.68. The first-order valence-electron chi connectivity index (χ1n) is 5.82. The van der Waals surface area contributed by atoms with Crippen LogP contribution in [0.25, 0.3) is 6.08 Å². The standard InChI is InChI=1S/C14H14N4/c1-3-11-5-7-12(8-6-11)10-18-14(9-15)16-13(4-2)17-18/h3,5-8H,1,4,10H2,2H3. The molecule has 4 nitrogen and oxygen atoms in total. The first-order valence-corrected chi connectivity index (χ1v) is 5.82. The van der Waals surface area contributed by atoms with Gasteiger partial charge in [-0.15, -0.1) is 0 Å². The molecule has 0 radical (unpaired) electrons. The molecule has 4 heteroatoms. The van der Waals surface area contributed by atoms with Crippen molar-refractivity contribution < 1.29 is 0 Å². The Balaban J connectivity index is 2.24. The zero-order valence-electron chi connectivity index (χ0n) is 10.3. The van der Waals surface area contributed by atoms with E-state index in [2.05, 4.69) is 22.7 Å². The molecule has 2 aromatic rings. The van der Waals surface area contributed by atoms with Gasteiger partial charge < -0.3 is 0 Å². The van der Waals surface area contributed by atoms with Crippen molar-refractivity contribution in [3.05, 3.63) is 53.6 Å². The first kappa shape index (κ1) is 12.1. The fourth-order valence-electron chi connectivity index (χ4n) is 1.66. The summed E-state index contributed by atoms with van der Waals surface area (Å²) in [5.74, 6) is 1.06. The summed E-state index contributed by atoms with van der Waals surface area (Å²) in [4.78, 5) is 4.15. The summed E-state index contributed by atoms with van der Waals surface area (Å²) in [5, 5.41) is 13.3. The lowest BCUT2D eigenvalue weighted by Gasteiger charge is -2.02. The highest BCUT2D eigenvalue weighted by atomic mass is 15.3. The number of nitriles is 1. The largest absolute Gasteiger partial charge is 0.233 e. The molecule has 0 aliphatic carbocycles. The van der Waals surface area contributed by atoms with Crippen LogP contribution in [0.5, 0.6) is 0 Å². The molecule has 0 aliphatic rings. The van der Waals surface area contributed by atoms with E-state index in [1.807, 2.05) is 31.2 Å². The van der Waals surface area contributed by atoms with Gasteiger partial charge in [0.05, 0.1) is 6.54 Å². The van der Waals surface area contributed by atoms with Crippen LogP contribution in [0, 0.1) is 11.3 Å². The maximum atomic E-state index is 9.00. The zero-order valence-corrected chi connectivity index (χ0v) is 10.3. The Morgan fingerprint density at radius 2 is 2.11 bits per heavy atom. The highest BCUT2D eigenvalue weighted by molar-refractivity contribution is 5.47. The van der Waals surface area contributed by atoms with E-state index in [4.69, 9.17) is 5.26 Å². The molecule has 2 rings (SSSR count). The average Bonchev–Trinajstić information content (AvgIpc) is 2.82. The van der Waals surface area contributed by atoms with Gasteiger partial charge in [0.2, 0.25) is 5.82 Å². The fourth-order valence-corrected chi connectivity index (χ4v) is 1.66. The monoisotopic (exact) mass is 238 g/mol. The van der Waals surface area contributed by atoms with Gasteiger partial charge in [0.15, 0.2) is 5.82 Å². The minimum atomic E-state index is 0.361. The van der Waals surface area contributed by atoms with Gasteiger partial charge in [-0.2, -0.15) is 10.4 Å². The lowest BCUT2D eigenvalue weighted by atomic mass is 10.1. The van der Waals surface area contributed by atoms with Gasteiger partial charge in [-0.3, -0.25) is 0 Å². The van der Waals surface area contributed by atoms with Gasteiger partial charge in [-0.05, 0) is 11.1 Å². The Hall–Kier alpha value is -2.41. The molecule has 90 valence electrons. The lowest BCUT2D eigenvalue weighted by Crippen LogP contribution is -2.04. The summed E-state index contributed by atoms with van der Waals surface area (Å²) < 4.78 is 1.64. The molecule has 1 heterocycles. The van der Waals surface area contributed by atoms with Crippen molar-refractivity contribution in [2.24, 2.45) is 0 Å². The molecule has 0 saturated heterocycles. The Morgan fingerprint density at radius 3 is 2.67 bits per heavy atom. The van der Waals surface area contributed by atoms with Crippen LogP contribution in [0.15, 0.2) is 30.8 Å².